The average Bonchev–Trinajstić information content (AvgIpc) is 2.18. The van der Waals surface area contributed by atoms with E-state index in [9.17, 15) is 5.11 Å². The number of methoxy groups -OCH3 is 1. The van der Waals surface area contributed by atoms with Crippen LogP contribution in [-0.2, 0) is 5.60 Å². The lowest BCUT2D eigenvalue weighted by Crippen LogP contribution is -2.31. The third kappa shape index (κ3) is 2.05. The first kappa shape index (κ1) is 11.0. The van der Waals surface area contributed by atoms with Crippen molar-refractivity contribution in [3.63, 3.8) is 0 Å². The van der Waals surface area contributed by atoms with Crippen molar-refractivity contribution in [1.29, 1.82) is 0 Å². The number of benzene rings is 1. The second-order valence-electron chi connectivity index (χ2n) is 3.66. The lowest BCUT2D eigenvalue weighted by Gasteiger charge is -2.22. The van der Waals surface area contributed by atoms with Crippen molar-refractivity contribution in [3.05, 3.63) is 29.3 Å². The Morgan fingerprint density at radius 1 is 1.50 bits per heavy atom. The maximum Gasteiger partial charge on any atom is 0.122 e. The molecule has 0 saturated heterocycles. The third-order valence-electron chi connectivity index (χ3n) is 2.43. The largest absolute Gasteiger partial charge is 0.496 e. The van der Waals surface area contributed by atoms with Gasteiger partial charge in [0.25, 0.3) is 0 Å². The Morgan fingerprint density at radius 3 is 2.64 bits per heavy atom. The maximum absolute atomic E-state index is 9.92. The summed E-state index contributed by atoms with van der Waals surface area (Å²) >= 11 is 0. The van der Waals surface area contributed by atoms with E-state index in [2.05, 4.69) is 0 Å². The predicted octanol–water partition coefficient (Wildman–Crippen LogP) is 1.17. The SMILES string of the molecule is COc1cc(C(C)(O)CN)ccc1C. The molecule has 14 heavy (non-hydrogen) atoms. The van der Waals surface area contributed by atoms with Gasteiger partial charge in [0.15, 0.2) is 0 Å². The smallest absolute Gasteiger partial charge is 0.122 e. The Bertz CT molecular complexity index is 321. The van der Waals surface area contributed by atoms with E-state index in [1.54, 1.807) is 14.0 Å². The van der Waals surface area contributed by atoms with Crippen molar-refractivity contribution < 1.29 is 9.84 Å². The second kappa shape index (κ2) is 3.98. The van der Waals surface area contributed by atoms with Gasteiger partial charge >= 0.3 is 0 Å². The van der Waals surface area contributed by atoms with Crippen LogP contribution in [0, 0.1) is 6.92 Å². The zero-order valence-electron chi connectivity index (χ0n) is 8.87. The molecule has 0 saturated carbocycles. The summed E-state index contributed by atoms with van der Waals surface area (Å²) in [7, 11) is 1.61. The van der Waals surface area contributed by atoms with Gasteiger partial charge in [-0.1, -0.05) is 12.1 Å². The first-order valence-corrected chi connectivity index (χ1v) is 4.59. The normalized spacial score (nSPS) is 14.9. The van der Waals surface area contributed by atoms with Crippen molar-refractivity contribution in [2.45, 2.75) is 19.4 Å². The zero-order chi connectivity index (χ0) is 10.8. The first-order valence-electron chi connectivity index (χ1n) is 4.59. The van der Waals surface area contributed by atoms with Crippen molar-refractivity contribution in [2.75, 3.05) is 13.7 Å². The summed E-state index contributed by atoms with van der Waals surface area (Å²) in [5, 5.41) is 9.92. The number of hydrogen-bond donors (Lipinski definition) is 2. The topological polar surface area (TPSA) is 55.5 Å². The van der Waals surface area contributed by atoms with Gasteiger partial charge in [0, 0.05) is 6.54 Å². The van der Waals surface area contributed by atoms with Gasteiger partial charge in [0.2, 0.25) is 0 Å². The molecule has 1 rings (SSSR count). The summed E-state index contributed by atoms with van der Waals surface area (Å²) in [4.78, 5) is 0. The minimum Gasteiger partial charge on any atom is -0.496 e. The second-order valence-corrected chi connectivity index (χ2v) is 3.66. The summed E-state index contributed by atoms with van der Waals surface area (Å²) in [6, 6.07) is 5.60. The van der Waals surface area contributed by atoms with Crippen LogP contribution in [0.5, 0.6) is 5.75 Å². The highest BCUT2D eigenvalue weighted by Gasteiger charge is 2.21. The van der Waals surface area contributed by atoms with Crippen LogP contribution >= 0.6 is 0 Å². The van der Waals surface area contributed by atoms with E-state index in [0.717, 1.165) is 16.9 Å². The summed E-state index contributed by atoms with van der Waals surface area (Å²) in [6.07, 6.45) is 0. The minimum absolute atomic E-state index is 0.194. The Kier molecular flexibility index (Phi) is 3.13. The molecule has 0 aromatic heterocycles. The molecule has 0 fully saturated rings. The molecular weight excluding hydrogens is 178 g/mol. The van der Waals surface area contributed by atoms with Crippen LogP contribution in [0.3, 0.4) is 0 Å². The molecule has 0 aliphatic rings. The molecule has 1 aromatic carbocycles. The molecule has 0 heterocycles. The molecule has 0 aliphatic heterocycles. The van der Waals surface area contributed by atoms with Gasteiger partial charge in [-0.15, -0.1) is 0 Å². The molecule has 1 aromatic rings. The number of hydrogen-bond acceptors (Lipinski definition) is 3. The Hall–Kier alpha value is -1.06. The average molecular weight is 195 g/mol. The molecule has 0 radical (unpaired) electrons. The van der Waals surface area contributed by atoms with Gasteiger partial charge < -0.3 is 15.6 Å². The van der Waals surface area contributed by atoms with Crippen LogP contribution < -0.4 is 10.5 Å². The Morgan fingerprint density at radius 2 is 2.14 bits per heavy atom. The molecule has 0 amide bonds. The fourth-order valence-electron chi connectivity index (χ4n) is 1.27. The number of nitrogens with two attached hydrogens (primary N) is 1. The van der Waals surface area contributed by atoms with Gasteiger partial charge in [0.05, 0.1) is 12.7 Å². The van der Waals surface area contributed by atoms with Crippen LogP contribution in [0.25, 0.3) is 0 Å². The Balaban J connectivity index is 3.12. The number of ether oxygens (including phenoxy) is 1. The molecule has 3 N–H and O–H groups in total. The molecule has 1 unspecified atom stereocenters. The van der Waals surface area contributed by atoms with Gasteiger partial charge in [-0.3, -0.25) is 0 Å². The highest BCUT2D eigenvalue weighted by Crippen LogP contribution is 2.26. The molecule has 0 spiro atoms. The van der Waals surface area contributed by atoms with E-state index in [-0.39, 0.29) is 6.54 Å². The summed E-state index contributed by atoms with van der Waals surface area (Å²) in [6.45, 7) is 3.84. The predicted molar refractivity (Wildman–Crippen MR) is 56.4 cm³/mol. The lowest BCUT2D eigenvalue weighted by atomic mass is 9.95. The molecule has 3 nitrogen and oxygen atoms in total. The van der Waals surface area contributed by atoms with E-state index >= 15 is 0 Å². The fraction of sp³-hybridized carbons (Fsp3) is 0.455. The summed E-state index contributed by atoms with van der Waals surface area (Å²) < 4.78 is 5.17. The first-order chi connectivity index (χ1) is 6.51. The molecule has 3 heteroatoms. The quantitative estimate of drug-likeness (QED) is 0.761. The standard InChI is InChI=1S/C11H17NO2/c1-8-4-5-9(6-10(8)14-3)11(2,13)7-12/h4-6,13H,7,12H2,1-3H3. The van der Waals surface area contributed by atoms with E-state index in [0.29, 0.717) is 0 Å². The van der Waals surface area contributed by atoms with Crippen LogP contribution in [-0.4, -0.2) is 18.8 Å². The Labute approximate surface area is 84.5 Å². The molecule has 0 aliphatic carbocycles. The number of aliphatic hydroxyl groups is 1. The summed E-state index contributed by atoms with van der Waals surface area (Å²) in [5.74, 6) is 0.774. The molecular formula is C11H17NO2. The van der Waals surface area contributed by atoms with Crippen molar-refractivity contribution in [3.8, 4) is 5.75 Å². The van der Waals surface area contributed by atoms with Crippen molar-refractivity contribution >= 4 is 0 Å². The van der Waals surface area contributed by atoms with Gasteiger partial charge in [0.1, 0.15) is 5.75 Å². The van der Waals surface area contributed by atoms with Gasteiger partial charge in [-0.25, -0.2) is 0 Å². The van der Waals surface area contributed by atoms with E-state index < -0.39 is 5.60 Å². The third-order valence-corrected chi connectivity index (χ3v) is 2.43. The monoisotopic (exact) mass is 195 g/mol. The highest BCUT2D eigenvalue weighted by molar-refractivity contribution is 5.38. The minimum atomic E-state index is -0.985. The molecule has 1 atom stereocenters. The van der Waals surface area contributed by atoms with E-state index in [1.165, 1.54) is 0 Å². The number of rotatable bonds is 3. The van der Waals surface area contributed by atoms with Gasteiger partial charge in [-0.2, -0.15) is 0 Å². The summed E-state index contributed by atoms with van der Waals surface area (Å²) in [5.41, 5.74) is 6.32. The lowest BCUT2D eigenvalue weighted by molar-refractivity contribution is 0.0666. The highest BCUT2D eigenvalue weighted by atomic mass is 16.5. The van der Waals surface area contributed by atoms with E-state index in [1.807, 2.05) is 25.1 Å². The van der Waals surface area contributed by atoms with Crippen molar-refractivity contribution in [1.82, 2.24) is 0 Å². The van der Waals surface area contributed by atoms with Crippen LogP contribution in [0.15, 0.2) is 18.2 Å². The van der Waals surface area contributed by atoms with Crippen LogP contribution in [0.4, 0.5) is 0 Å². The van der Waals surface area contributed by atoms with Crippen LogP contribution in [0.2, 0.25) is 0 Å². The molecule has 78 valence electrons. The fourth-order valence-corrected chi connectivity index (χ4v) is 1.27. The van der Waals surface area contributed by atoms with Gasteiger partial charge in [-0.05, 0) is 31.0 Å². The van der Waals surface area contributed by atoms with Crippen molar-refractivity contribution in [2.24, 2.45) is 5.73 Å². The van der Waals surface area contributed by atoms with E-state index in [4.69, 9.17) is 10.5 Å². The number of aryl methyl sites for hydroxylation is 1. The molecule has 0 bridgehead atoms. The van der Waals surface area contributed by atoms with Crippen LogP contribution in [0.1, 0.15) is 18.1 Å². The maximum atomic E-state index is 9.92. The zero-order valence-corrected chi connectivity index (χ0v) is 8.87.